The molecule has 0 aliphatic carbocycles. The van der Waals surface area contributed by atoms with Crippen LogP contribution in [0, 0.1) is 27.7 Å². The molecule has 0 aliphatic rings. The van der Waals surface area contributed by atoms with Crippen LogP contribution in [0.2, 0.25) is 0 Å². The van der Waals surface area contributed by atoms with E-state index in [0.717, 1.165) is 6.42 Å². The summed E-state index contributed by atoms with van der Waals surface area (Å²) in [4.78, 5) is 0. The molecule has 0 unspecified atom stereocenters. The number of pyridine rings is 1. The molecule has 1 heteroatoms. The van der Waals surface area contributed by atoms with E-state index in [-0.39, 0.29) is 0 Å². The van der Waals surface area contributed by atoms with Gasteiger partial charge in [0.25, 0.3) is 0 Å². The maximum absolute atomic E-state index is 2.30. The molecule has 94 valence electrons. The Kier molecular flexibility index (Phi) is 3.51. The Morgan fingerprint density at radius 1 is 0.889 bits per heavy atom. The van der Waals surface area contributed by atoms with E-state index in [4.69, 9.17) is 0 Å². The van der Waals surface area contributed by atoms with E-state index in [0.29, 0.717) is 0 Å². The average molecular weight is 240 g/mol. The van der Waals surface area contributed by atoms with Crippen LogP contribution in [0.3, 0.4) is 0 Å². The van der Waals surface area contributed by atoms with Crippen LogP contribution >= 0.6 is 0 Å². The summed E-state index contributed by atoms with van der Waals surface area (Å²) in [6.07, 6.45) is 1.01. The third kappa shape index (κ3) is 2.61. The summed E-state index contributed by atoms with van der Waals surface area (Å²) >= 11 is 0. The summed E-state index contributed by atoms with van der Waals surface area (Å²) < 4.78 is 2.29. The van der Waals surface area contributed by atoms with Crippen LogP contribution in [0.25, 0.3) is 0 Å². The Labute approximate surface area is 110 Å². The molecule has 1 nitrogen and oxygen atoms in total. The number of aromatic nitrogens is 1. The number of hydrogen-bond donors (Lipinski definition) is 0. The maximum Gasteiger partial charge on any atom is 0.185 e. The Bertz CT molecular complexity index is 582. The SMILES string of the molecule is Cc1ccc(C)c(Cc2cc(C)cc(C)[n+]2C)c1. The van der Waals surface area contributed by atoms with Crippen LogP contribution in [0.4, 0.5) is 0 Å². The molecule has 2 aromatic rings. The number of aryl methyl sites for hydroxylation is 4. The fraction of sp³-hybridized carbons (Fsp3) is 0.353. The molecule has 0 amide bonds. The van der Waals surface area contributed by atoms with Crippen molar-refractivity contribution in [3.63, 3.8) is 0 Å². The molecule has 0 atom stereocenters. The molecule has 0 saturated carbocycles. The minimum Gasteiger partial charge on any atom is -0.202 e. The number of rotatable bonds is 2. The summed E-state index contributed by atoms with van der Waals surface area (Å²) in [5, 5.41) is 0. The normalized spacial score (nSPS) is 10.7. The van der Waals surface area contributed by atoms with Gasteiger partial charge in [0.1, 0.15) is 7.05 Å². The molecule has 2 rings (SSSR count). The summed E-state index contributed by atoms with van der Waals surface area (Å²) in [7, 11) is 2.15. The minimum absolute atomic E-state index is 1.01. The highest BCUT2D eigenvalue weighted by Gasteiger charge is 2.12. The topological polar surface area (TPSA) is 3.88 Å². The number of nitrogens with zero attached hydrogens (tertiary/aromatic N) is 1. The van der Waals surface area contributed by atoms with Crippen molar-refractivity contribution in [1.29, 1.82) is 0 Å². The van der Waals surface area contributed by atoms with E-state index in [2.05, 4.69) is 69.6 Å². The van der Waals surface area contributed by atoms with Gasteiger partial charge in [-0.1, -0.05) is 23.8 Å². The monoisotopic (exact) mass is 240 g/mol. The van der Waals surface area contributed by atoms with Crippen molar-refractivity contribution in [2.45, 2.75) is 34.1 Å². The minimum atomic E-state index is 1.01. The number of hydrogen-bond acceptors (Lipinski definition) is 0. The first-order chi connectivity index (χ1) is 8.47. The highest BCUT2D eigenvalue weighted by atomic mass is 14.9. The predicted molar refractivity (Wildman–Crippen MR) is 75.8 cm³/mol. The lowest BCUT2D eigenvalue weighted by atomic mass is 10.00. The highest BCUT2D eigenvalue weighted by Crippen LogP contribution is 2.15. The first-order valence-electron chi connectivity index (χ1n) is 6.49. The molecule has 1 heterocycles. The van der Waals surface area contributed by atoms with Gasteiger partial charge in [-0.25, -0.2) is 4.57 Å². The van der Waals surface area contributed by atoms with Crippen LogP contribution in [0.15, 0.2) is 30.3 Å². The van der Waals surface area contributed by atoms with Gasteiger partial charge in [-0.15, -0.1) is 0 Å². The van der Waals surface area contributed by atoms with Crippen molar-refractivity contribution in [2.24, 2.45) is 7.05 Å². The van der Waals surface area contributed by atoms with Gasteiger partial charge in [0.2, 0.25) is 0 Å². The Hall–Kier alpha value is -1.63. The van der Waals surface area contributed by atoms with Crippen molar-refractivity contribution in [1.82, 2.24) is 0 Å². The van der Waals surface area contributed by atoms with Crippen LogP contribution in [-0.4, -0.2) is 0 Å². The van der Waals surface area contributed by atoms with Crippen LogP contribution in [0.1, 0.15) is 33.6 Å². The highest BCUT2D eigenvalue weighted by molar-refractivity contribution is 5.33. The Balaban J connectivity index is 2.43. The van der Waals surface area contributed by atoms with Gasteiger partial charge in [0.15, 0.2) is 11.4 Å². The fourth-order valence-corrected chi connectivity index (χ4v) is 2.41. The average Bonchev–Trinajstić information content (AvgIpc) is 2.30. The van der Waals surface area contributed by atoms with E-state index in [1.807, 2.05) is 0 Å². The molecule has 0 aliphatic heterocycles. The first kappa shape index (κ1) is 12.8. The van der Waals surface area contributed by atoms with Gasteiger partial charge in [0, 0.05) is 19.1 Å². The second kappa shape index (κ2) is 4.93. The Morgan fingerprint density at radius 3 is 2.33 bits per heavy atom. The van der Waals surface area contributed by atoms with Gasteiger partial charge in [0.05, 0.1) is 6.42 Å². The third-order valence-electron chi connectivity index (χ3n) is 3.67. The first-order valence-corrected chi connectivity index (χ1v) is 6.49. The molecule has 1 aromatic carbocycles. The summed E-state index contributed by atoms with van der Waals surface area (Å²) in [5.41, 5.74) is 8.17. The molecule has 0 radical (unpaired) electrons. The molecule has 0 bridgehead atoms. The van der Waals surface area contributed by atoms with Crippen LogP contribution < -0.4 is 4.57 Å². The standard InChI is InChI=1S/C17H22N/c1-12-6-7-14(3)16(9-12)11-17-10-13(2)8-15(4)18(17)5/h6-10H,11H2,1-5H3/q+1. The fourth-order valence-electron chi connectivity index (χ4n) is 2.41. The van der Waals surface area contributed by atoms with Crippen LogP contribution in [0.5, 0.6) is 0 Å². The van der Waals surface area contributed by atoms with E-state index < -0.39 is 0 Å². The summed E-state index contributed by atoms with van der Waals surface area (Å²) in [6.45, 7) is 8.68. The maximum atomic E-state index is 2.30. The van der Waals surface area contributed by atoms with Gasteiger partial charge in [-0.05, 0) is 37.5 Å². The zero-order valence-electron chi connectivity index (χ0n) is 12.0. The quantitative estimate of drug-likeness (QED) is 0.709. The van der Waals surface area contributed by atoms with Crippen molar-refractivity contribution in [3.8, 4) is 0 Å². The van der Waals surface area contributed by atoms with Gasteiger partial charge in [-0.3, -0.25) is 0 Å². The van der Waals surface area contributed by atoms with Crippen molar-refractivity contribution < 1.29 is 4.57 Å². The summed E-state index contributed by atoms with van der Waals surface area (Å²) in [6, 6.07) is 11.2. The van der Waals surface area contributed by atoms with Gasteiger partial charge >= 0.3 is 0 Å². The van der Waals surface area contributed by atoms with Gasteiger partial charge < -0.3 is 0 Å². The molecule has 0 fully saturated rings. The zero-order chi connectivity index (χ0) is 13.3. The second-order valence-electron chi connectivity index (χ2n) is 5.33. The Morgan fingerprint density at radius 2 is 1.61 bits per heavy atom. The lowest BCUT2D eigenvalue weighted by molar-refractivity contribution is -0.684. The van der Waals surface area contributed by atoms with Crippen molar-refractivity contribution in [3.05, 3.63) is 64.0 Å². The molecule has 18 heavy (non-hydrogen) atoms. The second-order valence-corrected chi connectivity index (χ2v) is 5.33. The van der Waals surface area contributed by atoms with E-state index in [1.165, 1.54) is 33.6 Å². The summed E-state index contributed by atoms with van der Waals surface area (Å²) in [5.74, 6) is 0. The number of benzene rings is 1. The molecular weight excluding hydrogens is 218 g/mol. The van der Waals surface area contributed by atoms with Crippen molar-refractivity contribution in [2.75, 3.05) is 0 Å². The molecule has 0 N–H and O–H groups in total. The predicted octanol–water partition coefficient (Wildman–Crippen LogP) is 3.34. The molecule has 1 aromatic heterocycles. The van der Waals surface area contributed by atoms with E-state index >= 15 is 0 Å². The third-order valence-corrected chi connectivity index (χ3v) is 3.67. The van der Waals surface area contributed by atoms with E-state index in [1.54, 1.807) is 0 Å². The zero-order valence-corrected chi connectivity index (χ0v) is 12.0. The van der Waals surface area contributed by atoms with Gasteiger partial charge in [-0.2, -0.15) is 0 Å². The largest absolute Gasteiger partial charge is 0.202 e. The lowest BCUT2D eigenvalue weighted by Crippen LogP contribution is -2.37. The van der Waals surface area contributed by atoms with E-state index in [9.17, 15) is 0 Å². The molecular formula is C17H22N+. The van der Waals surface area contributed by atoms with Crippen molar-refractivity contribution >= 4 is 0 Å². The smallest absolute Gasteiger partial charge is 0.185 e. The van der Waals surface area contributed by atoms with Crippen LogP contribution in [-0.2, 0) is 13.5 Å². The molecule has 0 spiro atoms. The lowest BCUT2D eigenvalue weighted by Gasteiger charge is -2.08. The molecule has 0 saturated heterocycles.